The molecule has 1 fully saturated rings. The predicted molar refractivity (Wildman–Crippen MR) is 106 cm³/mol. The average molecular weight is 401 g/mol. The highest BCUT2D eigenvalue weighted by atomic mass is 16.5. The summed E-state index contributed by atoms with van der Waals surface area (Å²) in [6.07, 6.45) is 3.04. The Labute approximate surface area is 170 Å². The highest BCUT2D eigenvalue weighted by Crippen LogP contribution is 2.31. The van der Waals surface area contributed by atoms with Gasteiger partial charge in [0.2, 0.25) is 5.91 Å². The van der Waals surface area contributed by atoms with E-state index in [4.69, 9.17) is 9.47 Å². The Hall–Kier alpha value is -3.10. The lowest BCUT2D eigenvalue weighted by atomic mass is 10.1. The molecule has 9 nitrogen and oxygen atoms in total. The highest BCUT2D eigenvalue weighted by Gasteiger charge is 2.24. The Bertz CT molecular complexity index is 874. The van der Waals surface area contributed by atoms with Crippen molar-refractivity contribution in [2.75, 3.05) is 20.2 Å². The molecular weight excluding hydrogens is 374 g/mol. The number of methoxy groups -OCH3 is 1. The summed E-state index contributed by atoms with van der Waals surface area (Å²) >= 11 is 0. The summed E-state index contributed by atoms with van der Waals surface area (Å²) in [6.45, 7) is 4.76. The van der Waals surface area contributed by atoms with E-state index in [1.807, 2.05) is 18.9 Å². The van der Waals surface area contributed by atoms with Crippen LogP contribution in [0.4, 0.5) is 0 Å². The summed E-state index contributed by atoms with van der Waals surface area (Å²) < 4.78 is 13.3. The number of nitrogens with zero attached hydrogens (tertiary/aromatic N) is 4. The molecule has 0 bridgehead atoms. The molecule has 1 aliphatic heterocycles. The van der Waals surface area contributed by atoms with Gasteiger partial charge in [-0.3, -0.25) is 9.59 Å². The van der Waals surface area contributed by atoms with Gasteiger partial charge in [-0.2, -0.15) is 0 Å². The molecule has 0 aliphatic carbocycles. The number of hydrogen-bond donors (Lipinski definition) is 1. The summed E-state index contributed by atoms with van der Waals surface area (Å²) in [4.78, 5) is 26.0. The van der Waals surface area contributed by atoms with Crippen LogP contribution in [0.2, 0.25) is 0 Å². The summed E-state index contributed by atoms with van der Waals surface area (Å²) in [5, 5.41) is 10.8. The number of nitrogens with one attached hydrogen (secondary N) is 1. The van der Waals surface area contributed by atoms with Gasteiger partial charge in [0.25, 0.3) is 5.91 Å². The van der Waals surface area contributed by atoms with Crippen molar-refractivity contribution < 1.29 is 19.1 Å². The molecule has 1 aromatic heterocycles. The average Bonchev–Trinajstić information content (AvgIpc) is 3.14. The second-order valence-corrected chi connectivity index (χ2v) is 7.18. The topological polar surface area (TPSA) is 98.6 Å². The third-order valence-electron chi connectivity index (χ3n) is 5.09. The number of carbonyl (C=O) groups excluding carboxylic acids is 2. The molecule has 1 aromatic carbocycles. The molecule has 1 atom stereocenters. The number of piperidine rings is 1. The summed E-state index contributed by atoms with van der Waals surface area (Å²) in [5.74, 6) is 1.60. The molecule has 1 saturated heterocycles. The molecule has 156 valence electrons. The van der Waals surface area contributed by atoms with E-state index >= 15 is 0 Å². The summed E-state index contributed by atoms with van der Waals surface area (Å²) in [5.41, 5.74) is 0.469. The summed E-state index contributed by atoms with van der Waals surface area (Å²) in [7, 11) is 3.39. The van der Waals surface area contributed by atoms with Gasteiger partial charge in [0.15, 0.2) is 17.3 Å². The van der Waals surface area contributed by atoms with Gasteiger partial charge < -0.3 is 24.3 Å². The fourth-order valence-electron chi connectivity index (χ4n) is 3.41. The zero-order chi connectivity index (χ0) is 21.0. The molecule has 0 unspecified atom stereocenters. The Morgan fingerprint density at radius 3 is 2.55 bits per heavy atom. The van der Waals surface area contributed by atoms with Crippen molar-refractivity contribution in [3.8, 4) is 11.5 Å². The van der Waals surface area contributed by atoms with Crippen LogP contribution in [0, 0.1) is 0 Å². The maximum absolute atomic E-state index is 12.7. The maximum Gasteiger partial charge on any atom is 0.252 e. The molecule has 1 aliphatic rings. The number of hydrogen-bond acceptors (Lipinski definition) is 6. The van der Waals surface area contributed by atoms with Crippen molar-refractivity contribution >= 4 is 11.8 Å². The molecule has 0 spiro atoms. The molecule has 1 N–H and O–H groups in total. The van der Waals surface area contributed by atoms with Gasteiger partial charge in [-0.1, -0.05) is 0 Å². The molecule has 3 rings (SSSR count). The van der Waals surface area contributed by atoms with Gasteiger partial charge in [-0.15, -0.1) is 10.2 Å². The highest BCUT2D eigenvalue weighted by molar-refractivity contribution is 5.95. The maximum atomic E-state index is 12.7. The molecular formula is C20H27N5O4. The van der Waals surface area contributed by atoms with E-state index in [-0.39, 0.29) is 24.0 Å². The van der Waals surface area contributed by atoms with E-state index in [0.29, 0.717) is 36.0 Å². The van der Waals surface area contributed by atoms with Crippen molar-refractivity contribution in [3.05, 3.63) is 35.9 Å². The predicted octanol–water partition coefficient (Wildman–Crippen LogP) is 1.70. The number of amides is 2. The van der Waals surface area contributed by atoms with Gasteiger partial charge in [0, 0.05) is 45.5 Å². The minimum absolute atomic E-state index is 0.0321. The minimum Gasteiger partial charge on any atom is -0.493 e. The third-order valence-corrected chi connectivity index (χ3v) is 5.09. The van der Waals surface area contributed by atoms with Gasteiger partial charge in [0.05, 0.1) is 13.2 Å². The fraction of sp³-hybridized carbons (Fsp3) is 0.500. The van der Waals surface area contributed by atoms with Crippen LogP contribution in [0.5, 0.6) is 11.5 Å². The number of benzene rings is 1. The van der Waals surface area contributed by atoms with Crippen molar-refractivity contribution in [1.29, 1.82) is 0 Å². The minimum atomic E-state index is -0.294. The molecule has 0 saturated carbocycles. The first-order valence-electron chi connectivity index (χ1n) is 9.64. The van der Waals surface area contributed by atoms with E-state index < -0.39 is 0 Å². The molecule has 9 heteroatoms. The van der Waals surface area contributed by atoms with Gasteiger partial charge in [-0.05, 0) is 25.1 Å². The Morgan fingerprint density at radius 2 is 1.97 bits per heavy atom. The number of aromatic nitrogens is 3. The second-order valence-electron chi connectivity index (χ2n) is 7.18. The zero-order valence-corrected chi connectivity index (χ0v) is 17.2. The molecule has 29 heavy (non-hydrogen) atoms. The lowest BCUT2D eigenvalue weighted by Crippen LogP contribution is -2.40. The quantitative estimate of drug-likeness (QED) is 0.791. The standard InChI is InChI=1S/C20H27N5O4/c1-13(19-23-21-12-24(19)3)22-20(27)15-5-6-17(28-4)18(11-15)29-16-7-9-25(10-8-16)14(2)26/h5-6,11-13,16H,7-10H2,1-4H3,(H,22,27)/t13-/m0/s1. The monoisotopic (exact) mass is 401 g/mol. The number of rotatable bonds is 6. The molecule has 2 aromatic rings. The van der Waals surface area contributed by atoms with Crippen LogP contribution in [0.3, 0.4) is 0 Å². The van der Waals surface area contributed by atoms with Crippen molar-refractivity contribution in [2.45, 2.75) is 38.8 Å². The molecule has 0 radical (unpaired) electrons. The number of carbonyl (C=O) groups is 2. The first-order valence-corrected chi connectivity index (χ1v) is 9.64. The van der Waals surface area contributed by atoms with E-state index in [9.17, 15) is 9.59 Å². The summed E-state index contributed by atoms with van der Waals surface area (Å²) in [6, 6.07) is 4.82. The molecule has 2 amide bonds. The lowest BCUT2D eigenvalue weighted by Gasteiger charge is -2.31. The van der Waals surface area contributed by atoms with Gasteiger partial charge >= 0.3 is 0 Å². The number of likely N-dealkylation sites (tertiary alicyclic amines) is 1. The van der Waals surface area contributed by atoms with Crippen LogP contribution in [-0.2, 0) is 11.8 Å². The van der Waals surface area contributed by atoms with Crippen LogP contribution in [0.1, 0.15) is 48.9 Å². The second kappa shape index (κ2) is 8.93. The smallest absolute Gasteiger partial charge is 0.252 e. The Kier molecular flexibility index (Phi) is 6.36. The number of aryl methyl sites for hydroxylation is 1. The van der Waals surface area contributed by atoms with Crippen molar-refractivity contribution in [2.24, 2.45) is 7.05 Å². The Balaban J connectivity index is 1.69. The zero-order valence-electron chi connectivity index (χ0n) is 17.2. The van der Waals surface area contributed by atoms with E-state index in [1.165, 1.54) is 0 Å². The lowest BCUT2D eigenvalue weighted by molar-refractivity contribution is -0.130. The van der Waals surface area contributed by atoms with E-state index in [0.717, 1.165) is 12.8 Å². The van der Waals surface area contributed by atoms with Crippen LogP contribution in [-0.4, -0.2) is 57.8 Å². The fourth-order valence-corrected chi connectivity index (χ4v) is 3.41. The van der Waals surface area contributed by atoms with Crippen LogP contribution in [0.15, 0.2) is 24.5 Å². The van der Waals surface area contributed by atoms with Crippen LogP contribution < -0.4 is 14.8 Å². The van der Waals surface area contributed by atoms with E-state index in [2.05, 4.69) is 15.5 Å². The van der Waals surface area contributed by atoms with Crippen molar-refractivity contribution in [1.82, 2.24) is 25.0 Å². The first kappa shape index (κ1) is 20.6. The third kappa shape index (κ3) is 4.85. The Morgan fingerprint density at radius 1 is 1.24 bits per heavy atom. The van der Waals surface area contributed by atoms with Crippen LogP contribution in [0.25, 0.3) is 0 Å². The normalized spacial score (nSPS) is 15.7. The first-order chi connectivity index (χ1) is 13.9. The van der Waals surface area contributed by atoms with E-state index in [1.54, 1.807) is 43.1 Å². The van der Waals surface area contributed by atoms with Crippen LogP contribution >= 0.6 is 0 Å². The van der Waals surface area contributed by atoms with Gasteiger partial charge in [0.1, 0.15) is 12.4 Å². The van der Waals surface area contributed by atoms with Crippen molar-refractivity contribution in [3.63, 3.8) is 0 Å². The largest absolute Gasteiger partial charge is 0.493 e. The SMILES string of the molecule is COc1ccc(C(=O)N[C@@H](C)c2nncn2C)cc1OC1CCN(C(C)=O)CC1. The molecule has 2 heterocycles. The van der Waals surface area contributed by atoms with Gasteiger partial charge in [-0.25, -0.2) is 0 Å². The number of ether oxygens (including phenoxy) is 2.